The first-order valence-corrected chi connectivity index (χ1v) is 9.31. The lowest BCUT2D eigenvalue weighted by molar-refractivity contribution is -0.384. The summed E-state index contributed by atoms with van der Waals surface area (Å²) in [4.78, 5) is 26.7. The number of nitrogens with zero attached hydrogens (tertiary/aromatic N) is 2. The first-order valence-electron chi connectivity index (χ1n) is 8.43. The van der Waals surface area contributed by atoms with Gasteiger partial charge in [0.2, 0.25) is 5.91 Å². The lowest BCUT2D eigenvalue weighted by Crippen LogP contribution is -2.41. The summed E-state index contributed by atoms with van der Waals surface area (Å²) in [7, 11) is 1.47. The lowest BCUT2D eigenvalue weighted by Gasteiger charge is -2.29. The zero-order valence-corrected chi connectivity index (χ0v) is 15.5. The Bertz CT molecular complexity index is 794. The third-order valence-electron chi connectivity index (χ3n) is 4.69. The normalized spacial score (nSPS) is 18.5. The van der Waals surface area contributed by atoms with Crippen molar-refractivity contribution >= 4 is 28.6 Å². The van der Waals surface area contributed by atoms with E-state index in [1.165, 1.54) is 30.2 Å². The van der Waals surface area contributed by atoms with Crippen molar-refractivity contribution in [3.63, 3.8) is 0 Å². The Labute approximate surface area is 155 Å². The monoisotopic (exact) mass is 375 g/mol. The maximum Gasteiger partial charge on any atom is 0.271 e. The molecule has 26 heavy (non-hydrogen) atoms. The number of amides is 1. The zero-order chi connectivity index (χ0) is 18.7. The summed E-state index contributed by atoms with van der Waals surface area (Å²) in [5.41, 5.74) is 0.219. The van der Waals surface area contributed by atoms with Crippen LogP contribution in [0.5, 0.6) is 5.75 Å². The highest BCUT2D eigenvalue weighted by Gasteiger charge is 2.33. The quantitative estimate of drug-likeness (QED) is 0.613. The number of thiophene rings is 1. The van der Waals surface area contributed by atoms with Gasteiger partial charge in [-0.2, -0.15) is 0 Å². The molecule has 1 amide bonds. The molecule has 0 saturated carbocycles. The Hall–Kier alpha value is -2.45. The van der Waals surface area contributed by atoms with Crippen molar-refractivity contribution in [2.75, 3.05) is 19.0 Å². The van der Waals surface area contributed by atoms with E-state index in [1.807, 2.05) is 18.4 Å². The van der Waals surface area contributed by atoms with E-state index in [0.717, 1.165) is 19.4 Å². The number of carbonyl (C=O) groups is 1. The van der Waals surface area contributed by atoms with E-state index in [2.05, 4.69) is 16.3 Å². The summed E-state index contributed by atoms with van der Waals surface area (Å²) in [6.45, 7) is 2.72. The number of hydrogen-bond acceptors (Lipinski definition) is 6. The molecule has 0 aliphatic carbocycles. The molecule has 1 saturated heterocycles. The molecule has 2 aromatic rings. The van der Waals surface area contributed by atoms with E-state index in [9.17, 15) is 14.9 Å². The summed E-state index contributed by atoms with van der Waals surface area (Å²) >= 11 is 1.70. The minimum Gasteiger partial charge on any atom is -0.495 e. The second-order valence-electron chi connectivity index (χ2n) is 6.22. The van der Waals surface area contributed by atoms with Crippen LogP contribution >= 0.6 is 11.3 Å². The fourth-order valence-corrected chi connectivity index (χ4v) is 4.22. The molecule has 3 rings (SSSR count). The molecular weight excluding hydrogens is 354 g/mol. The second-order valence-corrected chi connectivity index (χ2v) is 7.20. The van der Waals surface area contributed by atoms with Crippen molar-refractivity contribution in [2.24, 2.45) is 0 Å². The van der Waals surface area contributed by atoms with E-state index >= 15 is 0 Å². The molecule has 8 heteroatoms. The Morgan fingerprint density at radius 2 is 2.27 bits per heavy atom. The fourth-order valence-electron chi connectivity index (χ4n) is 3.33. The van der Waals surface area contributed by atoms with Gasteiger partial charge in [-0.25, -0.2) is 0 Å². The molecule has 0 spiro atoms. The molecule has 0 unspecified atom stereocenters. The number of nitro groups is 1. The molecule has 2 heterocycles. The highest BCUT2D eigenvalue weighted by atomic mass is 32.1. The third kappa shape index (κ3) is 3.71. The van der Waals surface area contributed by atoms with Crippen LogP contribution in [0, 0.1) is 10.1 Å². The molecule has 1 fully saturated rings. The van der Waals surface area contributed by atoms with Crippen molar-refractivity contribution in [1.29, 1.82) is 0 Å². The summed E-state index contributed by atoms with van der Waals surface area (Å²) in [6.07, 6.45) is 2.07. The average molecular weight is 375 g/mol. The van der Waals surface area contributed by atoms with Crippen LogP contribution in [-0.4, -0.2) is 35.4 Å². The van der Waals surface area contributed by atoms with Gasteiger partial charge < -0.3 is 10.1 Å². The molecule has 7 nitrogen and oxygen atoms in total. The Morgan fingerprint density at radius 3 is 2.92 bits per heavy atom. The smallest absolute Gasteiger partial charge is 0.271 e. The molecule has 1 aromatic carbocycles. The SMILES string of the molecule is COc1ccc([N+](=O)[O-])cc1NC(=O)[C@H](C)N1CCC[C@@H]1c1cccs1. The van der Waals surface area contributed by atoms with Crippen LogP contribution in [0.3, 0.4) is 0 Å². The lowest BCUT2D eigenvalue weighted by atomic mass is 10.1. The molecule has 0 radical (unpaired) electrons. The molecule has 1 N–H and O–H groups in total. The van der Waals surface area contributed by atoms with Crippen molar-refractivity contribution in [1.82, 2.24) is 4.90 Å². The summed E-state index contributed by atoms with van der Waals surface area (Å²) < 4.78 is 5.22. The largest absolute Gasteiger partial charge is 0.495 e. The minimum atomic E-state index is -0.494. The molecule has 2 atom stereocenters. The van der Waals surface area contributed by atoms with Crippen LogP contribution in [0.15, 0.2) is 35.7 Å². The Morgan fingerprint density at radius 1 is 1.46 bits per heavy atom. The number of carbonyl (C=O) groups excluding carboxylic acids is 1. The van der Waals surface area contributed by atoms with Crippen molar-refractivity contribution in [2.45, 2.75) is 31.8 Å². The number of likely N-dealkylation sites (tertiary alicyclic amines) is 1. The highest BCUT2D eigenvalue weighted by Crippen LogP contribution is 2.36. The molecular formula is C18H21N3O4S. The van der Waals surface area contributed by atoms with Gasteiger partial charge in [0.25, 0.3) is 5.69 Å². The number of nitrogens with one attached hydrogen (secondary N) is 1. The number of benzene rings is 1. The highest BCUT2D eigenvalue weighted by molar-refractivity contribution is 7.10. The van der Waals surface area contributed by atoms with Gasteiger partial charge >= 0.3 is 0 Å². The van der Waals surface area contributed by atoms with E-state index in [-0.39, 0.29) is 23.7 Å². The second kappa shape index (κ2) is 7.84. The maximum atomic E-state index is 12.8. The summed E-state index contributed by atoms with van der Waals surface area (Å²) in [6, 6.07) is 8.17. The van der Waals surface area contributed by atoms with Gasteiger partial charge in [0.1, 0.15) is 5.75 Å². The zero-order valence-electron chi connectivity index (χ0n) is 14.7. The van der Waals surface area contributed by atoms with Gasteiger partial charge in [-0.05, 0) is 43.8 Å². The van der Waals surface area contributed by atoms with Crippen molar-refractivity contribution in [3.8, 4) is 5.75 Å². The van der Waals surface area contributed by atoms with Crippen LogP contribution in [0.4, 0.5) is 11.4 Å². The topological polar surface area (TPSA) is 84.7 Å². The van der Waals surface area contributed by atoms with E-state index in [1.54, 1.807) is 11.3 Å². The molecule has 138 valence electrons. The van der Waals surface area contributed by atoms with Gasteiger partial charge in [-0.1, -0.05) is 6.07 Å². The number of nitro benzene ring substituents is 1. The predicted molar refractivity (Wildman–Crippen MR) is 101 cm³/mol. The summed E-state index contributed by atoms with van der Waals surface area (Å²) in [5, 5.41) is 15.8. The first-order chi connectivity index (χ1) is 12.5. The standard InChI is InChI=1S/C18H21N3O4S/c1-12(20-9-3-5-15(20)17-6-4-10-26-17)18(22)19-14-11-13(21(23)24)7-8-16(14)25-2/h4,6-8,10-12,15H,3,5,9H2,1-2H3,(H,19,22)/t12-,15+/m0/s1. The Balaban J connectivity index is 1.77. The fraction of sp³-hybridized carbons (Fsp3) is 0.389. The van der Waals surface area contributed by atoms with Crippen LogP contribution in [0.1, 0.15) is 30.7 Å². The van der Waals surface area contributed by atoms with Gasteiger partial charge in [0.15, 0.2) is 0 Å². The molecule has 1 aliphatic heterocycles. The van der Waals surface area contributed by atoms with Crippen LogP contribution in [-0.2, 0) is 4.79 Å². The first kappa shape index (κ1) is 18.3. The van der Waals surface area contributed by atoms with E-state index in [0.29, 0.717) is 11.4 Å². The number of anilines is 1. The Kier molecular flexibility index (Phi) is 5.53. The minimum absolute atomic E-state index is 0.0913. The van der Waals surface area contributed by atoms with Crippen LogP contribution < -0.4 is 10.1 Å². The third-order valence-corrected chi connectivity index (χ3v) is 5.67. The summed E-state index contributed by atoms with van der Waals surface area (Å²) in [5.74, 6) is 0.194. The molecule has 1 aromatic heterocycles. The van der Waals surface area contributed by atoms with Gasteiger partial charge in [0.05, 0.1) is 23.8 Å². The van der Waals surface area contributed by atoms with Gasteiger partial charge in [0, 0.05) is 23.1 Å². The molecule has 0 bridgehead atoms. The number of methoxy groups -OCH3 is 1. The average Bonchev–Trinajstić information content (AvgIpc) is 3.31. The number of hydrogen-bond donors (Lipinski definition) is 1. The predicted octanol–water partition coefficient (Wildman–Crippen LogP) is 3.83. The van der Waals surface area contributed by atoms with Gasteiger partial charge in [-0.15, -0.1) is 11.3 Å². The van der Waals surface area contributed by atoms with E-state index in [4.69, 9.17) is 4.74 Å². The van der Waals surface area contributed by atoms with Crippen LogP contribution in [0.2, 0.25) is 0 Å². The van der Waals surface area contributed by atoms with Gasteiger partial charge in [-0.3, -0.25) is 19.8 Å². The number of ether oxygens (including phenoxy) is 1. The number of rotatable bonds is 6. The maximum absolute atomic E-state index is 12.8. The van der Waals surface area contributed by atoms with Crippen molar-refractivity contribution in [3.05, 3.63) is 50.7 Å². The van der Waals surface area contributed by atoms with Crippen LogP contribution in [0.25, 0.3) is 0 Å². The number of non-ortho nitro benzene ring substituents is 1. The van der Waals surface area contributed by atoms with E-state index < -0.39 is 4.92 Å². The molecule has 1 aliphatic rings. The van der Waals surface area contributed by atoms with Crippen molar-refractivity contribution < 1.29 is 14.5 Å².